The fourth-order valence-corrected chi connectivity index (χ4v) is 2.08. The maximum absolute atomic E-state index is 12.1. The summed E-state index contributed by atoms with van der Waals surface area (Å²) in [6.07, 6.45) is 3.49. The molecule has 0 spiro atoms. The van der Waals surface area contributed by atoms with Crippen LogP contribution in [0.1, 0.15) is 12.5 Å². The third-order valence-electron chi connectivity index (χ3n) is 2.82. The van der Waals surface area contributed by atoms with E-state index >= 15 is 0 Å². The van der Waals surface area contributed by atoms with Crippen molar-refractivity contribution in [3.05, 3.63) is 46.7 Å². The minimum Gasteiger partial charge on any atom is -0.325 e. The van der Waals surface area contributed by atoms with Crippen LogP contribution < -0.4 is 5.32 Å². The van der Waals surface area contributed by atoms with E-state index in [-0.39, 0.29) is 11.8 Å². The van der Waals surface area contributed by atoms with Crippen molar-refractivity contribution in [1.29, 1.82) is 5.26 Å². The molecule has 0 aliphatic heterocycles. The molecule has 102 valence electrons. The summed E-state index contributed by atoms with van der Waals surface area (Å²) in [5.74, 6) is -0.395. The van der Waals surface area contributed by atoms with Crippen LogP contribution >= 0.6 is 15.9 Å². The van der Waals surface area contributed by atoms with Gasteiger partial charge in [-0.2, -0.15) is 10.4 Å². The third-order valence-corrected chi connectivity index (χ3v) is 3.23. The zero-order valence-electron chi connectivity index (χ0n) is 10.9. The van der Waals surface area contributed by atoms with Crippen LogP contribution in [-0.4, -0.2) is 15.7 Å². The van der Waals surface area contributed by atoms with Crippen LogP contribution in [0.25, 0.3) is 0 Å². The Kier molecular flexibility index (Phi) is 4.53. The molecule has 1 aromatic heterocycles. The number of anilines is 1. The predicted molar refractivity (Wildman–Crippen MR) is 78.9 cm³/mol. The van der Waals surface area contributed by atoms with E-state index in [1.807, 2.05) is 13.1 Å². The van der Waals surface area contributed by atoms with Crippen LogP contribution in [0.15, 0.2) is 41.1 Å². The lowest BCUT2D eigenvalue weighted by Gasteiger charge is -2.13. The number of halogens is 1. The monoisotopic (exact) mass is 332 g/mol. The molecular weight excluding hydrogens is 320 g/mol. The maximum Gasteiger partial charge on any atom is 0.229 e. The van der Waals surface area contributed by atoms with Crippen molar-refractivity contribution >= 4 is 27.5 Å². The van der Waals surface area contributed by atoms with E-state index in [0.717, 1.165) is 4.47 Å². The first-order valence-corrected chi connectivity index (χ1v) is 6.87. The number of carbonyl (C=O) groups is 1. The van der Waals surface area contributed by atoms with E-state index < -0.39 is 0 Å². The second-order valence-corrected chi connectivity index (χ2v) is 5.34. The summed E-state index contributed by atoms with van der Waals surface area (Å²) in [6, 6.07) is 8.99. The van der Waals surface area contributed by atoms with Gasteiger partial charge in [0.25, 0.3) is 0 Å². The van der Waals surface area contributed by atoms with Gasteiger partial charge >= 0.3 is 0 Å². The first-order chi connectivity index (χ1) is 9.60. The van der Waals surface area contributed by atoms with E-state index in [4.69, 9.17) is 5.26 Å². The van der Waals surface area contributed by atoms with Crippen LogP contribution in [0.5, 0.6) is 0 Å². The van der Waals surface area contributed by atoms with E-state index in [9.17, 15) is 4.79 Å². The molecule has 1 heterocycles. The van der Waals surface area contributed by atoms with Gasteiger partial charge in [0.1, 0.15) is 6.07 Å². The molecule has 0 saturated heterocycles. The van der Waals surface area contributed by atoms with Crippen LogP contribution in [0, 0.1) is 17.2 Å². The van der Waals surface area contributed by atoms with Crippen molar-refractivity contribution in [2.45, 2.75) is 13.5 Å². The lowest BCUT2D eigenvalue weighted by molar-refractivity contribution is -0.119. The third kappa shape index (κ3) is 3.45. The van der Waals surface area contributed by atoms with Crippen molar-refractivity contribution in [2.24, 2.45) is 5.92 Å². The Bertz CT molecular complexity index is 659. The molecule has 5 nitrogen and oxygen atoms in total. The van der Waals surface area contributed by atoms with Gasteiger partial charge in [-0.15, -0.1) is 0 Å². The number of rotatable bonds is 4. The van der Waals surface area contributed by atoms with Crippen molar-refractivity contribution in [1.82, 2.24) is 9.78 Å². The van der Waals surface area contributed by atoms with Gasteiger partial charge in [-0.25, -0.2) is 0 Å². The molecule has 0 aliphatic carbocycles. The van der Waals surface area contributed by atoms with Crippen molar-refractivity contribution in [3.8, 4) is 6.07 Å². The lowest BCUT2D eigenvalue weighted by Crippen LogP contribution is -2.25. The van der Waals surface area contributed by atoms with E-state index in [1.54, 1.807) is 35.1 Å². The molecule has 1 atom stereocenters. The van der Waals surface area contributed by atoms with Crippen LogP contribution in [0.4, 0.5) is 5.69 Å². The van der Waals surface area contributed by atoms with Gasteiger partial charge in [-0.05, 0) is 28.1 Å². The van der Waals surface area contributed by atoms with Gasteiger partial charge in [0.15, 0.2) is 0 Å². The van der Waals surface area contributed by atoms with Gasteiger partial charge in [0, 0.05) is 6.20 Å². The van der Waals surface area contributed by atoms with Crippen LogP contribution in [-0.2, 0) is 11.3 Å². The number of nitrogens with one attached hydrogen (secondary N) is 1. The Morgan fingerprint density at radius 3 is 2.95 bits per heavy atom. The number of hydrogen-bond acceptors (Lipinski definition) is 3. The van der Waals surface area contributed by atoms with Crippen LogP contribution in [0.2, 0.25) is 0 Å². The second-order valence-electron chi connectivity index (χ2n) is 4.43. The molecule has 0 bridgehead atoms. The van der Waals surface area contributed by atoms with Crippen molar-refractivity contribution in [2.75, 3.05) is 5.32 Å². The molecule has 0 fully saturated rings. The molecule has 2 rings (SSSR count). The number of para-hydroxylation sites is 1. The fraction of sp³-hybridized carbons (Fsp3) is 0.214. The number of carbonyl (C=O) groups excluding carboxylic acids is 1. The predicted octanol–water partition coefficient (Wildman–Crippen LogP) is 2.79. The van der Waals surface area contributed by atoms with Crippen LogP contribution in [0.3, 0.4) is 0 Å². The van der Waals surface area contributed by atoms with Gasteiger partial charge in [-0.1, -0.05) is 19.1 Å². The molecule has 2 aromatic rings. The Morgan fingerprint density at radius 2 is 2.30 bits per heavy atom. The Labute approximate surface area is 125 Å². The minimum absolute atomic E-state index is 0.140. The normalized spacial score (nSPS) is 11.7. The number of hydrogen-bond donors (Lipinski definition) is 1. The summed E-state index contributed by atoms with van der Waals surface area (Å²) >= 11 is 3.31. The molecule has 0 radical (unpaired) electrons. The largest absolute Gasteiger partial charge is 0.325 e. The molecule has 1 aromatic carbocycles. The van der Waals surface area contributed by atoms with E-state index in [0.29, 0.717) is 17.8 Å². The average Bonchev–Trinajstić information content (AvgIpc) is 2.84. The highest BCUT2D eigenvalue weighted by Gasteiger charge is 2.15. The second kappa shape index (κ2) is 6.35. The maximum atomic E-state index is 12.1. The quantitative estimate of drug-likeness (QED) is 0.935. The Morgan fingerprint density at radius 1 is 1.55 bits per heavy atom. The molecule has 0 aliphatic rings. The first kappa shape index (κ1) is 14.3. The molecule has 1 amide bonds. The minimum atomic E-state index is -0.256. The number of nitrogens with zero attached hydrogens (tertiary/aromatic N) is 3. The summed E-state index contributed by atoms with van der Waals surface area (Å²) in [4.78, 5) is 12.1. The topological polar surface area (TPSA) is 70.7 Å². The van der Waals surface area contributed by atoms with Gasteiger partial charge in [0.05, 0.1) is 34.4 Å². The van der Waals surface area contributed by atoms with Gasteiger partial charge in [0.2, 0.25) is 5.91 Å². The van der Waals surface area contributed by atoms with E-state index in [2.05, 4.69) is 32.4 Å². The average molecular weight is 333 g/mol. The summed E-state index contributed by atoms with van der Waals surface area (Å²) < 4.78 is 2.57. The summed E-state index contributed by atoms with van der Waals surface area (Å²) in [5.41, 5.74) is 0.989. The molecule has 1 N–H and O–H groups in total. The van der Waals surface area contributed by atoms with Gasteiger partial charge in [-0.3, -0.25) is 9.48 Å². The first-order valence-electron chi connectivity index (χ1n) is 6.08. The molecule has 1 unspecified atom stereocenters. The summed E-state index contributed by atoms with van der Waals surface area (Å²) in [5, 5.41) is 15.9. The Balaban J connectivity index is 2.02. The van der Waals surface area contributed by atoms with Crippen molar-refractivity contribution < 1.29 is 4.79 Å². The number of nitriles is 1. The molecule has 6 heteroatoms. The molecule has 20 heavy (non-hydrogen) atoms. The SMILES string of the molecule is CC(Cn1cc(Br)cn1)C(=O)Nc1ccccc1C#N. The standard InChI is InChI=1S/C14H13BrN4O/c1-10(8-19-9-12(15)7-17-19)14(20)18-13-5-3-2-4-11(13)6-16/h2-5,7,9-10H,8H2,1H3,(H,18,20). The zero-order chi connectivity index (χ0) is 14.5. The highest BCUT2D eigenvalue weighted by molar-refractivity contribution is 9.10. The van der Waals surface area contributed by atoms with Crippen molar-refractivity contribution in [3.63, 3.8) is 0 Å². The lowest BCUT2D eigenvalue weighted by atomic mass is 10.1. The number of amides is 1. The van der Waals surface area contributed by atoms with Gasteiger partial charge < -0.3 is 5.32 Å². The summed E-state index contributed by atoms with van der Waals surface area (Å²) in [6.45, 7) is 2.30. The smallest absolute Gasteiger partial charge is 0.229 e. The Hall–Kier alpha value is -2.13. The molecule has 0 saturated carbocycles. The fourth-order valence-electron chi connectivity index (χ4n) is 1.75. The highest BCUT2D eigenvalue weighted by Crippen LogP contribution is 2.15. The summed E-state index contributed by atoms with van der Waals surface area (Å²) in [7, 11) is 0. The number of benzene rings is 1. The van der Waals surface area contributed by atoms with E-state index in [1.165, 1.54) is 0 Å². The highest BCUT2D eigenvalue weighted by atomic mass is 79.9. The zero-order valence-corrected chi connectivity index (χ0v) is 12.5. The molecular formula is C14H13BrN4O. The number of aromatic nitrogens is 2.